The second kappa shape index (κ2) is 7.40. The van der Waals surface area contributed by atoms with Crippen LogP contribution in [0.4, 0.5) is 10.2 Å². The van der Waals surface area contributed by atoms with Gasteiger partial charge >= 0.3 is 0 Å². The molecule has 0 saturated carbocycles. The Bertz CT molecular complexity index is 874. The van der Waals surface area contributed by atoms with Gasteiger partial charge in [-0.1, -0.05) is 0 Å². The number of benzene rings is 1. The maximum atomic E-state index is 13.2. The molecule has 1 amide bonds. The van der Waals surface area contributed by atoms with Crippen molar-refractivity contribution in [3.63, 3.8) is 0 Å². The summed E-state index contributed by atoms with van der Waals surface area (Å²) in [6, 6.07) is 7.70. The number of anilines is 1. The van der Waals surface area contributed by atoms with Crippen LogP contribution in [0.25, 0.3) is 17.0 Å². The van der Waals surface area contributed by atoms with Crippen molar-refractivity contribution in [2.75, 3.05) is 11.9 Å². The lowest BCUT2D eigenvalue weighted by molar-refractivity contribution is -0.117. The van der Waals surface area contributed by atoms with Crippen molar-refractivity contribution < 1.29 is 13.9 Å². The number of rotatable bonds is 6. The van der Waals surface area contributed by atoms with E-state index in [4.69, 9.17) is 4.74 Å². The van der Waals surface area contributed by atoms with E-state index in [0.717, 1.165) is 0 Å². The molecule has 0 unspecified atom stereocenters. The maximum Gasteiger partial charge on any atom is 0.235 e. The molecule has 2 heterocycles. The molecule has 6 nitrogen and oxygen atoms in total. The molecule has 0 bridgehead atoms. The van der Waals surface area contributed by atoms with Gasteiger partial charge in [-0.25, -0.2) is 14.4 Å². The number of carbonyl (C=O) groups is 1. The molecule has 25 heavy (non-hydrogen) atoms. The summed E-state index contributed by atoms with van der Waals surface area (Å²) in [6.45, 7) is 4.17. The molecule has 2 aromatic heterocycles. The van der Waals surface area contributed by atoms with E-state index in [1.54, 1.807) is 35.0 Å². The lowest BCUT2D eigenvalue weighted by Gasteiger charge is -2.09. The lowest BCUT2D eigenvalue weighted by Crippen LogP contribution is -2.17. The predicted octanol–water partition coefficient (Wildman–Crippen LogP) is 3.29. The number of nitrogens with zero attached hydrogens (tertiary/aromatic N) is 3. The smallest absolute Gasteiger partial charge is 0.235 e. The highest BCUT2D eigenvalue weighted by Gasteiger charge is 2.17. The first-order chi connectivity index (χ1) is 12.0. The number of hydrogen-bond donors (Lipinski definition) is 1. The molecule has 0 spiro atoms. The van der Waals surface area contributed by atoms with E-state index in [1.165, 1.54) is 12.1 Å². The van der Waals surface area contributed by atoms with Crippen LogP contribution < -0.4 is 5.32 Å². The Morgan fingerprint density at radius 3 is 2.80 bits per heavy atom. The van der Waals surface area contributed by atoms with Gasteiger partial charge in [0.05, 0.1) is 19.1 Å². The maximum absolute atomic E-state index is 13.2. The van der Waals surface area contributed by atoms with Gasteiger partial charge in [0, 0.05) is 18.0 Å². The van der Waals surface area contributed by atoms with Crippen LogP contribution in [-0.4, -0.2) is 33.0 Å². The number of halogens is 1. The SMILES string of the molecule is CC(C)OCCC(=O)Nc1c(-c2ccc(F)cc2)nc2ncccn12. The number of aromatic nitrogens is 3. The highest BCUT2D eigenvalue weighted by atomic mass is 19.1. The van der Waals surface area contributed by atoms with Crippen molar-refractivity contribution in [2.24, 2.45) is 0 Å². The first-order valence-corrected chi connectivity index (χ1v) is 8.05. The number of ether oxygens (including phenoxy) is 1. The minimum absolute atomic E-state index is 0.0718. The fraction of sp³-hybridized carbons (Fsp3) is 0.278. The molecule has 1 aromatic carbocycles. The summed E-state index contributed by atoms with van der Waals surface area (Å²) in [5.74, 6) is 0.441. The molecule has 0 aliphatic carbocycles. The first-order valence-electron chi connectivity index (χ1n) is 8.05. The summed E-state index contributed by atoms with van der Waals surface area (Å²) in [7, 11) is 0. The van der Waals surface area contributed by atoms with E-state index in [-0.39, 0.29) is 24.2 Å². The summed E-state index contributed by atoms with van der Waals surface area (Å²) < 4.78 is 20.3. The van der Waals surface area contributed by atoms with Gasteiger partial charge in [-0.3, -0.25) is 9.20 Å². The van der Waals surface area contributed by atoms with Gasteiger partial charge in [0.2, 0.25) is 11.7 Å². The van der Waals surface area contributed by atoms with E-state index in [2.05, 4.69) is 15.3 Å². The molecule has 0 atom stereocenters. The van der Waals surface area contributed by atoms with Gasteiger partial charge in [-0.15, -0.1) is 0 Å². The van der Waals surface area contributed by atoms with Crippen LogP contribution in [0.15, 0.2) is 42.7 Å². The van der Waals surface area contributed by atoms with Gasteiger partial charge in [-0.2, -0.15) is 0 Å². The van der Waals surface area contributed by atoms with Crippen LogP contribution in [0.1, 0.15) is 20.3 Å². The monoisotopic (exact) mass is 342 g/mol. The fourth-order valence-electron chi connectivity index (χ4n) is 2.40. The molecule has 0 saturated heterocycles. The Morgan fingerprint density at radius 2 is 2.08 bits per heavy atom. The van der Waals surface area contributed by atoms with E-state index in [9.17, 15) is 9.18 Å². The average molecular weight is 342 g/mol. The highest BCUT2D eigenvalue weighted by Crippen LogP contribution is 2.28. The number of imidazole rings is 1. The van der Waals surface area contributed by atoms with Crippen LogP contribution in [0.5, 0.6) is 0 Å². The largest absolute Gasteiger partial charge is 0.378 e. The van der Waals surface area contributed by atoms with Crippen molar-refractivity contribution >= 4 is 17.5 Å². The zero-order chi connectivity index (χ0) is 17.8. The van der Waals surface area contributed by atoms with Crippen molar-refractivity contribution in [1.82, 2.24) is 14.4 Å². The van der Waals surface area contributed by atoms with Gasteiger partial charge < -0.3 is 10.1 Å². The molecular formula is C18H19FN4O2. The Morgan fingerprint density at radius 1 is 1.32 bits per heavy atom. The summed E-state index contributed by atoms with van der Waals surface area (Å²) in [6.07, 6.45) is 3.69. The Kier molecular flexibility index (Phi) is 5.04. The summed E-state index contributed by atoms with van der Waals surface area (Å²) >= 11 is 0. The van der Waals surface area contributed by atoms with Gasteiger partial charge in [-0.05, 0) is 44.2 Å². The van der Waals surface area contributed by atoms with Gasteiger partial charge in [0.25, 0.3) is 0 Å². The summed E-state index contributed by atoms with van der Waals surface area (Å²) in [5, 5.41) is 2.87. The molecule has 0 aliphatic rings. The Hall–Kier alpha value is -2.80. The van der Waals surface area contributed by atoms with Crippen LogP contribution in [0.2, 0.25) is 0 Å². The zero-order valence-corrected chi connectivity index (χ0v) is 14.1. The van der Waals surface area contributed by atoms with E-state index < -0.39 is 0 Å². The highest BCUT2D eigenvalue weighted by molar-refractivity contribution is 5.94. The second-order valence-electron chi connectivity index (χ2n) is 5.82. The number of nitrogens with one attached hydrogen (secondary N) is 1. The van der Waals surface area contributed by atoms with Crippen molar-refractivity contribution in [3.8, 4) is 11.3 Å². The number of fused-ring (bicyclic) bond motifs is 1. The van der Waals surface area contributed by atoms with Gasteiger partial charge in [0.15, 0.2) is 0 Å². The van der Waals surface area contributed by atoms with E-state index >= 15 is 0 Å². The molecule has 3 rings (SSSR count). The Balaban J connectivity index is 1.91. The number of amides is 1. The molecule has 0 radical (unpaired) electrons. The van der Waals surface area contributed by atoms with E-state index in [1.807, 2.05) is 13.8 Å². The van der Waals surface area contributed by atoms with Crippen LogP contribution >= 0.6 is 0 Å². The molecule has 0 aliphatic heterocycles. The molecule has 3 aromatic rings. The van der Waals surface area contributed by atoms with Crippen LogP contribution in [0.3, 0.4) is 0 Å². The third-order valence-corrected chi connectivity index (χ3v) is 3.56. The van der Waals surface area contributed by atoms with Crippen molar-refractivity contribution in [3.05, 3.63) is 48.5 Å². The molecule has 0 fully saturated rings. The quantitative estimate of drug-likeness (QED) is 0.746. The fourth-order valence-corrected chi connectivity index (χ4v) is 2.40. The minimum Gasteiger partial charge on any atom is -0.378 e. The van der Waals surface area contributed by atoms with Crippen LogP contribution in [0, 0.1) is 5.82 Å². The summed E-state index contributed by atoms with van der Waals surface area (Å²) in [5.41, 5.74) is 1.23. The topological polar surface area (TPSA) is 68.5 Å². The minimum atomic E-state index is -0.331. The second-order valence-corrected chi connectivity index (χ2v) is 5.82. The first kappa shape index (κ1) is 17.0. The van der Waals surface area contributed by atoms with Gasteiger partial charge in [0.1, 0.15) is 17.3 Å². The zero-order valence-electron chi connectivity index (χ0n) is 14.1. The van der Waals surface area contributed by atoms with Crippen molar-refractivity contribution in [1.29, 1.82) is 0 Å². The third kappa shape index (κ3) is 4.00. The van der Waals surface area contributed by atoms with Crippen LogP contribution in [-0.2, 0) is 9.53 Å². The standard InChI is InChI=1S/C18H19FN4O2/c1-12(2)25-11-8-15(24)21-17-16(13-4-6-14(19)7-5-13)22-18-20-9-3-10-23(17)18/h3-7,9-10,12H,8,11H2,1-2H3,(H,21,24). The third-order valence-electron chi connectivity index (χ3n) is 3.56. The normalized spacial score (nSPS) is 11.2. The molecule has 1 N–H and O–H groups in total. The molecular weight excluding hydrogens is 323 g/mol. The molecule has 7 heteroatoms. The number of carbonyl (C=O) groups excluding carboxylic acids is 1. The Labute approximate surface area is 144 Å². The lowest BCUT2D eigenvalue weighted by atomic mass is 10.1. The number of hydrogen-bond acceptors (Lipinski definition) is 4. The summed E-state index contributed by atoms with van der Waals surface area (Å²) in [4.78, 5) is 20.9. The predicted molar refractivity (Wildman–Crippen MR) is 92.7 cm³/mol. The van der Waals surface area contributed by atoms with Crippen molar-refractivity contribution in [2.45, 2.75) is 26.4 Å². The average Bonchev–Trinajstić information content (AvgIpc) is 2.94. The van der Waals surface area contributed by atoms with E-state index in [0.29, 0.717) is 29.5 Å². The molecule has 130 valence electrons.